The van der Waals surface area contributed by atoms with Crippen LogP contribution in [0.3, 0.4) is 0 Å². The molecule has 7 heteroatoms. The van der Waals surface area contributed by atoms with Crippen molar-refractivity contribution in [3.8, 4) is 17.0 Å². The van der Waals surface area contributed by atoms with Crippen LogP contribution in [0.25, 0.3) is 17.3 Å². The monoisotopic (exact) mass is 385 g/mol. The van der Waals surface area contributed by atoms with Gasteiger partial charge >= 0.3 is 0 Å². The van der Waals surface area contributed by atoms with Crippen LogP contribution in [0.2, 0.25) is 0 Å². The maximum absolute atomic E-state index is 11.0. The molecule has 0 atom stereocenters. The molecule has 0 radical (unpaired) electrons. The highest BCUT2D eigenvalue weighted by Gasteiger charge is 2.05. The first kappa shape index (κ1) is 20.2. The number of amides is 1. The van der Waals surface area contributed by atoms with Gasteiger partial charge in [0.2, 0.25) is 0 Å². The van der Waals surface area contributed by atoms with Crippen LogP contribution in [0.1, 0.15) is 17.0 Å². The Hall–Kier alpha value is -3.09. The molecule has 27 heavy (non-hydrogen) atoms. The third-order valence-electron chi connectivity index (χ3n) is 3.90. The van der Waals surface area contributed by atoms with Crippen LogP contribution < -0.4 is 10.2 Å². The lowest BCUT2D eigenvalue weighted by atomic mass is 10.1. The van der Waals surface area contributed by atoms with Crippen molar-refractivity contribution in [2.24, 2.45) is 0 Å². The van der Waals surface area contributed by atoms with Crippen LogP contribution in [-0.4, -0.2) is 28.2 Å². The van der Waals surface area contributed by atoms with E-state index in [0.717, 1.165) is 34.0 Å². The molecule has 140 valence electrons. The van der Waals surface area contributed by atoms with E-state index in [1.54, 1.807) is 18.7 Å². The molecule has 0 aliphatic heterocycles. The second-order valence-corrected chi connectivity index (χ2v) is 5.70. The summed E-state index contributed by atoms with van der Waals surface area (Å²) >= 11 is 0. The summed E-state index contributed by atoms with van der Waals surface area (Å²) in [5.74, 6) is 1.11. The highest BCUT2D eigenvalue weighted by atomic mass is 35.5. The van der Waals surface area contributed by atoms with Crippen molar-refractivity contribution in [3.05, 3.63) is 77.8 Å². The minimum Gasteiger partial charge on any atom is -0.497 e. The fourth-order valence-corrected chi connectivity index (χ4v) is 2.54. The van der Waals surface area contributed by atoms with Crippen molar-refractivity contribution in [2.75, 3.05) is 7.11 Å². The van der Waals surface area contributed by atoms with Crippen LogP contribution in [0.5, 0.6) is 5.75 Å². The Balaban J connectivity index is 0.00000261. The van der Waals surface area contributed by atoms with E-state index in [1.165, 1.54) is 6.08 Å². The topological polar surface area (TPSA) is 87.2 Å². The third kappa shape index (κ3) is 5.44. The van der Waals surface area contributed by atoms with Gasteiger partial charge in [0.1, 0.15) is 11.6 Å². The molecular formula is C20H20ClN3O3. The number of carbonyl (C=O) groups excluding carboxylic acids is 1. The van der Waals surface area contributed by atoms with Crippen molar-refractivity contribution in [1.82, 2.24) is 15.4 Å². The lowest BCUT2D eigenvalue weighted by Gasteiger charge is -2.02. The van der Waals surface area contributed by atoms with Crippen LogP contribution >= 0.6 is 12.4 Å². The summed E-state index contributed by atoms with van der Waals surface area (Å²) in [4.78, 5) is 18.8. The first-order chi connectivity index (χ1) is 12.7. The molecule has 1 amide bonds. The van der Waals surface area contributed by atoms with Crippen molar-refractivity contribution in [2.45, 2.75) is 6.42 Å². The predicted molar refractivity (Wildman–Crippen MR) is 106 cm³/mol. The van der Waals surface area contributed by atoms with Crippen LogP contribution in [0.15, 0.2) is 60.8 Å². The first-order valence-corrected chi connectivity index (χ1v) is 8.07. The quantitative estimate of drug-likeness (QED) is 0.343. The van der Waals surface area contributed by atoms with Crippen LogP contribution in [0, 0.1) is 0 Å². The normalized spacial score (nSPS) is 10.4. The number of aromatic amines is 1. The minimum absolute atomic E-state index is 0. The van der Waals surface area contributed by atoms with Crippen molar-refractivity contribution in [1.29, 1.82) is 0 Å². The number of nitrogens with zero attached hydrogens (tertiary/aromatic N) is 1. The summed E-state index contributed by atoms with van der Waals surface area (Å²) in [7, 11) is 1.65. The standard InChI is InChI=1S/C20H19N3O3.ClH/c1-26-17-4-2-3-16(12-17)18-13-21-19(22-18)11-15-7-5-14(6-8-15)9-10-20(24)23-25;/h2-10,12-13,25H,11H2,1H3,(H,21,22)(H,23,24);1H/b10-9+;. The summed E-state index contributed by atoms with van der Waals surface area (Å²) < 4.78 is 5.25. The van der Waals surface area contributed by atoms with Gasteiger partial charge in [0.05, 0.1) is 19.0 Å². The number of H-pyrrole nitrogens is 1. The molecule has 6 nitrogen and oxygen atoms in total. The molecule has 1 aromatic heterocycles. The number of benzene rings is 2. The highest BCUT2D eigenvalue weighted by Crippen LogP contribution is 2.22. The zero-order chi connectivity index (χ0) is 18.4. The Morgan fingerprint density at radius 1 is 1.26 bits per heavy atom. The maximum Gasteiger partial charge on any atom is 0.267 e. The Morgan fingerprint density at radius 3 is 2.74 bits per heavy atom. The lowest BCUT2D eigenvalue weighted by Crippen LogP contribution is -2.14. The van der Waals surface area contributed by atoms with E-state index in [1.807, 2.05) is 54.7 Å². The minimum atomic E-state index is -0.560. The van der Waals surface area contributed by atoms with Gasteiger partial charge in [0, 0.05) is 18.1 Å². The number of carbonyl (C=O) groups is 1. The van der Waals surface area contributed by atoms with Gasteiger partial charge < -0.3 is 9.72 Å². The first-order valence-electron chi connectivity index (χ1n) is 8.07. The zero-order valence-corrected chi connectivity index (χ0v) is 15.5. The zero-order valence-electron chi connectivity index (χ0n) is 14.7. The number of hydrogen-bond acceptors (Lipinski definition) is 4. The SMILES string of the molecule is COc1cccc(-c2cnc(Cc3ccc(/C=C/C(=O)NO)cc3)[nH]2)c1.Cl. The highest BCUT2D eigenvalue weighted by molar-refractivity contribution is 5.90. The van der Waals surface area contributed by atoms with Crippen LogP contribution in [-0.2, 0) is 11.2 Å². The predicted octanol–water partition coefficient (Wildman–Crippen LogP) is 3.62. The number of nitrogens with one attached hydrogen (secondary N) is 2. The Bertz CT molecular complexity index is 920. The number of aromatic nitrogens is 2. The molecule has 0 saturated carbocycles. The third-order valence-corrected chi connectivity index (χ3v) is 3.90. The van der Waals surface area contributed by atoms with Gasteiger partial charge in [-0.05, 0) is 29.3 Å². The molecule has 3 N–H and O–H groups in total. The van der Waals surface area contributed by atoms with Gasteiger partial charge in [0.15, 0.2) is 0 Å². The lowest BCUT2D eigenvalue weighted by molar-refractivity contribution is -0.124. The number of rotatable bonds is 6. The van der Waals surface area contributed by atoms with Gasteiger partial charge in [-0.3, -0.25) is 10.0 Å². The van der Waals surface area contributed by atoms with Crippen LogP contribution in [0.4, 0.5) is 0 Å². The Kier molecular flexibility index (Phi) is 7.16. The number of halogens is 1. The second-order valence-electron chi connectivity index (χ2n) is 5.70. The van der Waals surface area contributed by atoms with Crippen molar-refractivity contribution < 1.29 is 14.7 Å². The van der Waals surface area contributed by atoms with E-state index in [4.69, 9.17) is 9.94 Å². The fraction of sp³-hybridized carbons (Fsp3) is 0.100. The summed E-state index contributed by atoms with van der Waals surface area (Å²) in [6.45, 7) is 0. The molecule has 0 aliphatic carbocycles. The smallest absolute Gasteiger partial charge is 0.267 e. The average Bonchev–Trinajstić information content (AvgIpc) is 3.15. The summed E-state index contributed by atoms with van der Waals surface area (Å²) in [5.41, 5.74) is 5.48. The molecule has 2 aromatic carbocycles. The Labute approximate surface area is 163 Å². The number of hydroxylamine groups is 1. The molecular weight excluding hydrogens is 366 g/mol. The van der Waals surface area contributed by atoms with Crippen molar-refractivity contribution >= 4 is 24.4 Å². The van der Waals surface area contributed by atoms with E-state index in [0.29, 0.717) is 6.42 Å². The molecule has 0 saturated heterocycles. The number of imidazole rings is 1. The number of ether oxygens (including phenoxy) is 1. The molecule has 0 aliphatic rings. The van der Waals surface area contributed by atoms with Gasteiger partial charge in [-0.15, -0.1) is 12.4 Å². The molecule has 0 unspecified atom stereocenters. The average molecular weight is 386 g/mol. The Morgan fingerprint density at radius 2 is 2.04 bits per heavy atom. The van der Waals surface area contributed by atoms with Gasteiger partial charge in [-0.25, -0.2) is 10.5 Å². The van der Waals surface area contributed by atoms with Crippen molar-refractivity contribution in [3.63, 3.8) is 0 Å². The molecule has 3 rings (SSSR count). The largest absolute Gasteiger partial charge is 0.497 e. The van der Waals surface area contributed by atoms with E-state index in [2.05, 4.69) is 9.97 Å². The van der Waals surface area contributed by atoms with E-state index >= 15 is 0 Å². The molecule has 1 heterocycles. The van der Waals surface area contributed by atoms with E-state index in [-0.39, 0.29) is 12.4 Å². The summed E-state index contributed by atoms with van der Waals surface area (Å²) in [6.07, 6.45) is 5.38. The van der Waals surface area contributed by atoms with Gasteiger partial charge in [-0.2, -0.15) is 0 Å². The van der Waals surface area contributed by atoms with E-state index < -0.39 is 5.91 Å². The maximum atomic E-state index is 11.0. The molecule has 3 aromatic rings. The molecule has 0 bridgehead atoms. The summed E-state index contributed by atoms with van der Waals surface area (Å²) in [6, 6.07) is 15.6. The van der Waals surface area contributed by atoms with Gasteiger partial charge in [-0.1, -0.05) is 36.4 Å². The van der Waals surface area contributed by atoms with E-state index in [9.17, 15) is 4.79 Å². The molecule has 0 fully saturated rings. The second kappa shape index (κ2) is 9.56. The summed E-state index contributed by atoms with van der Waals surface area (Å²) in [5, 5.41) is 8.47. The fourth-order valence-electron chi connectivity index (χ4n) is 2.54. The molecule has 0 spiro atoms. The number of hydrogen-bond donors (Lipinski definition) is 3. The number of methoxy groups -OCH3 is 1. The van der Waals surface area contributed by atoms with Gasteiger partial charge in [0.25, 0.3) is 5.91 Å².